The van der Waals surface area contributed by atoms with Crippen molar-refractivity contribution in [2.24, 2.45) is 0 Å². The Balaban J connectivity index is 1.18. The number of rotatable bonds is 5. The van der Waals surface area contributed by atoms with Gasteiger partial charge in [-0.25, -0.2) is 0 Å². The Labute approximate surface area is 452 Å². The summed E-state index contributed by atoms with van der Waals surface area (Å²) in [5.74, 6) is 1.13. The standard InChI is InChI=1S/C70H74BN3O2/c1-65(2,3)43-24-27-46(28-25-43)73-55-33-26-44(66(4,5)6)38-54(55)71-61-56(73)40-49(72(45-20-16-15-17-21-45)48-29-31-51-50-22-18-19-23-58(50)75-59(51)42-48)41-57(61)74(47-30-32-52-53(39-47)68(9,10)35-34-67(52,7)8)62-60-63(76-64(62)71)70(13,14)37-36-69(60,11)12/h15-33,38-42H,34-37H2,1-14H3. The van der Waals surface area contributed by atoms with Crippen LogP contribution in [0, 0.1) is 0 Å². The fourth-order valence-corrected chi connectivity index (χ4v) is 13.6. The van der Waals surface area contributed by atoms with Crippen LogP contribution in [0.15, 0.2) is 154 Å². The highest BCUT2D eigenvalue weighted by atomic mass is 16.3. The number of anilines is 9. The van der Waals surface area contributed by atoms with E-state index in [1.165, 1.54) is 61.5 Å². The SMILES string of the molecule is CC(C)(C)c1ccc(N2c3ccc(C(C)(C)C)cc3B3c4oc5c(c4N(c4ccc6c(c4)C(C)(C)CCC6(C)C)c4cc(N(c6ccccc6)c6ccc7c(c6)oc6ccccc67)cc2c43)C(C)(C)CCC5(C)C)cc1. The molecule has 0 fully saturated rings. The van der Waals surface area contributed by atoms with Crippen molar-refractivity contribution in [3.05, 3.63) is 179 Å². The van der Waals surface area contributed by atoms with Crippen LogP contribution in [0.4, 0.5) is 51.2 Å². The molecule has 0 saturated heterocycles. The lowest BCUT2D eigenvalue weighted by atomic mass is 9.35. The van der Waals surface area contributed by atoms with Crippen molar-refractivity contribution in [1.82, 2.24) is 0 Å². The van der Waals surface area contributed by atoms with E-state index in [0.29, 0.717) is 0 Å². The molecule has 0 radical (unpaired) electrons. The molecule has 76 heavy (non-hydrogen) atoms. The number of hydrogen-bond donors (Lipinski definition) is 0. The fraction of sp³-hybridized carbons (Fsp3) is 0.343. The highest BCUT2D eigenvalue weighted by molar-refractivity contribution is 6.99. The summed E-state index contributed by atoms with van der Waals surface area (Å²) in [6.45, 7) is 33.3. The van der Waals surface area contributed by atoms with Crippen LogP contribution < -0.4 is 31.3 Å². The Morgan fingerprint density at radius 2 is 1.07 bits per heavy atom. The normalized spacial score (nSPS) is 17.7. The van der Waals surface area contributed by atoms with E-state index in [-0.39, 0.29) is 39.2 Å². The number of benzene rings is 7. The van der Waals surface area contributed by atoms with Gasteiger partial charge in [0.05, 0.1) is 17.0 Å². The lowest BCUT2D eigenvalue weighted by molar-refractivity contribution is 0.282. The zero-order valence-corrected chi connectivity index (χ0v) is 47.4. The molecule has 4 heterocycles. The lowest BCUT2D eigenvalue weighted by Gasteiger charge is -2.46. The molecule has 9 aromatic rings. The van der Waals surface area contributed by atoms with Gasteiger partial charge in [-0.3, -0.25) is 0 Å². The molecule has 0 amide bonds. The van der Waals surface area contributed by atoms with E-state index in [0.717, 1.165) is 87.5 Å². The van der Waals surface area contributed by atoms with Gasteiger partial charge in [-0.05, 0) is 159 Å². The lowest BCUT2D eigenvalue weighted by Crippen LogP contribution is -2.61. The Hall–Kier alpha value is -6.92. The molecule has 0 unspecified atom stereocenters. The van der Waals surface area contributed by atoms with Crippen LogP contribution in [-0.2, 0) is 32.5 Å². The second-order valence-electron chi connectivity index (χ2n) is 27.6. The first kappa shape index (κ1) is 48.7. The van der Waals surface area contributed by atoms with Crippen LogP contribution >= 0.6 is 0 Å². The summed E-state index contributed by atoms with van der Waals surface area (Å²) >= 11 is 0. The monoisotopic (exact) mass is 1000 g/mol. The topological polar surface area (TPSA) is 36.0 Å². The molecule has 13 rings (SSSR count). The predicted octanol–water partition coefficient (Wildman–Crippen LogP) is 18.0. The number of nitrogens with zero attached hydrogens (tertiary/aromatic N) is 3. The van der Waals surface area contributed by atoms with Gasteiger partial charge < -0.3 is 23.5 Å². The zero-order chi connectivity index (χ0) is 53.2. The molecule has 0 N–H and O–H groups in total. The zero-order valence-electron chi connectivity index (χ0n) is 47.4. The van der Waals surface area contributed by atoms with Crippen molar-refractivity contribution in [2.45, 2.75) is 155 Å². The molecule has 0 atom stereocenters. The van der Waals surface area contributed by atoms with Crippen molar-refractivity contribution in [2.75, 3.05) is 14.7 Å². The molecule has 6 heteroatoms. The molecular formula is C70H74BN3O2. The molecule has 384 valence electrons. The summed E-state index contributed by atoms with van der Waals surface area (Å²) < 4.78 is 14.5. The number of para-hydroxylation sites is 2. The molecule has 5 nitrogen and oxygen atoms in total. The van der Waals surface area contributed by atoms with E-state index in [2.05, 4.69) is 257 Å². The largest absolute Gasteiger partial charge is 0.472 e. The molecule has 2 aliphatic heterocycles. The van der Waals surface area contributed by atoms with Gasteiger partial charge >= 0.3 is 0 Å². The highest BCUT2D eigenvalue weighted by Gasteiger charge is 2.53. The third-order valence-corrected chi connectivity index (χ3v) is 18.4. The van der Waals surface area contributed by atoms with E-state index < -0.39 is 0 Å². The Kier molecular flexibility index (Phi) is 10.4. The van der Waals surface area contributed by atoms with Crippen molar-refractivity contribution in [3.63, 3.8) is 0 Å². The first-order valence-electron chi connectivity index (χ1n) is 28.0. The van der Waals surface area contributed by atoms with E-state index in [1.54, 1.807) is 0 Å². The Bertz CT molecular complexity index is 3820. The van der Waals surface area contributed by atoms with Crippen LogP contribution in [0.25, 0.3) is 21.9 Å². The summed E-state index contributed by atoms with van der Waals surface area (Å²) in [6.07, 6.45) is 4.41. The van der Waals surface area contributed by atoms with E-state index in [1.807, 2.05) is 0 Å². The van der Waals surface area contributed by atoms with Crippen molar-refractivity contribution in [1.29, 1.82) is 0 Å². The summed E-state index contributed by atoms with van der Waals surface area (Å²) in [5, 5.41) is 2.23. The second-order valence-corrected chi connectivity index (χ2v) is 27.6. The summed E-state index contributed by atoms with van der Waals surface area (Å²) in [4.78, 5) is 7.68. The van der Waals surface area contributed by atoms with Gasteiger partial charge in [-0.15, -0.1) is 0 Å². The Morgan fingerprint density at radius 1 is 0.461 bits per heavy atom. The fourth-order valence-electron chi connectivity index (χ4n) is 13.6. The molecular weight excluding hydrogens is 926 g/mol. The average Bonchev–Trinajstić information content (AvgIpc) is 4.13. The maximum atomic E-state index is 7.84. The van der Waals surface area contributed by atoms with Crippen LogP contribution in [0.5, 0.6) is 0 Å². The van der Waals surface area contributed by atoms with Crippen LogP contribution in [0.3, 0.4) is 0 Å². The van der Waals surface area contributed by atoms with Crippen molar-refractivity contribution < 1.29 is 8.83 Å². The van der Waals surface area contributed by atoms with Gasteiger partial charge in [0.1, 0.15) is 16.9 Å². The van der Waals surface area contributed by atoms with Gasteiger partial charge in [0.15, 0.2) is 0 Å². The number of hydrogen-bond acceptors (Lipinski definition) is 5. The van der Waals surface area contributed by atoms with Crippen LogP contribution in [-0.4, -0.2) is 6.71 Å². The summed E-state index contributed by atoms with van der Waals surface area (Å²) in [7, 11) is 0. The van der Waals surface area contributed by atoms with Gasteiger partial charge in [0, 0.05) is 67.6 Å². The third kappa shape index (κ3) is 7.39. The first-order chi connectivity index (χ1) is 35.9. The summed E-state index contributed by atoms with van der Waals surface area (Å²) in [5.41, 5.74) is 22.0. The molecule has 0 spiro atoms. The van der Waals surface area contributed by atoms with Crippen LogP contribution in [0.2, 0.25) is 0 Å². The van der Waals surface area contributed by atoms with Gasteiger partial charge in [0.2, 0.25) is 0 Å². The third-order valence-electron chi connectivity index (χ3n) is 18.4. The van der Waals surface area contributed by atoms with Crippen molar-refractivity contribution in [3.8, 4) is 0 Å². The van der Waals surface area contributed by atoms with E-state index >= 15 is 0 Å². The molecule has 0 saturated carbocycles. The smallest absolute Gasteiger partial charge is 0.297 e. The van der Waals surface area contributed by atoms with Gasteiger partial charge in [0.25, 0.3) is 6.71 Å². The molecule has 0 bridgehead atoms. The molecule has 2 aromatic heterocycles. The number of fused-ring (bicyclic) bond motifs is 10. The minimum absolute atomic E-state index is 0.00189. The van der Waals surface area contributed by atoms with E-state index in [4.69, 9.17) is 8.83 Å². The number of furan rings is 2. The minimum Gasteiger partial charge on any atom is -0.472 e. The Morgan fingerprint density at radius 3 is 1.78 bits per heavy atom. The quantitative estimate of drug-likeness (QED) is 0.161. The minimum atomic E-state index is -0.185. The first-order valence-corrected chi connectivity index (χ1v) is 28.0. The molecule has 7 aromatic carbocycles. The molecule has 4 aliphatic rings. The predicted molar refractivity (Wildman–Crippen MR) is 323 cm³/mol. The second kappa shape index (κ2) is 16.3. The highest BCUT2D eigenvalue weighted by Crippen LogP contribution is 2.57. The maximum absolute atomic E-state index is 7.84. The molecule has 2 aliphatic carbocycles. The summed E-state index contributed by atoms with van der Waals surface area (Å²) in [6, 6.07) is 55.2. The van der Waals surface area contributed by atoms with Crippen molar-refractivity contribution >= 4 is 96.4 Å². The van der Waals surface area contributed by atoms with Crippen LogP contribution in [0.1, 0.15) is 156 Å². The van der Waals surface area contributed by atoms with Gasteiger partial charge in [-0.2, -0.15) is 0 Å². The maximum Gasteiger partial charge on any atom is 0.297 e. The van der Waals surface area contributed by atoms with E-state index in [9.17, 15) is 0 Å². The average molecular weight is 1000 g/mol. The van der Waals surface area contributed by atoms with Gasteiger partial charge in [-0.1, -0.05) is 164 Å².